The molecule has 7 heteroatoms. The van der Waals surface area contributed by atoms with Gasteiger partial charge in [-0.25, -0.2) is 4.79 Å². The van der Waals surface area contributed by atoms with Gasteiger partial charge in [-0.3, -0.25) is 10.2 Å². The number of aliphatic hydroxyl groups is 1. The van der Waals surface area contributed by atoms with Gasteiger partial charge in [-0.05, 0) is 25.1 Å². The zero-order chi connectivity index (χ0) is 14.9. The molecule has 0 bridgehead atoms. The topological polar surface area (TPSA) is 109 Å². The molecule has 1 atom stereocenters. The largest absolute Gasteiger partial charge is 0.497 e. The van der Waals surface area contributed by atoms with Crippen molar-refractivity contribution in [2.45, 2.75) is 12.5 Å². The van der Waals surface area contributed by atoms with Crippen LogP contribution in [0.5, 0.6) is 5.75 Å². The highest BCUT2D eigenvalue weighted by Crippen LogP contribution is 2.39. The van der Waals surface area contributed by atoms with Gasteiger partial charge >= 0.3 is 5.97 Å². The van der Waals surface area contributed by atoms with E-state index < -0.39 is 23.2 Å². The highest BCUT2D eigenvalue weighted by molar-refractivity contribution is 6.45. The van der Waals surface area contributed by atoms with Gasteiger partial charge in [0, 0.05) is 11.3 Å². The molecule has 3 N–H and O–H groups in total. The van der Waals surface area contributed by atoms with Crippen LogP contribution in [0.3, 0.4) is 0 Å². The van der Waals surface area contributed by atoms with Gasteiger partial charge in [0.05, 0.1) is 13.7 Å². The second kappa shape index (κ2) is 4.93. The highest BCUT2D eigenvalue weighted by Gasteiger charge is 2.52. The van der Waals surface area contributed by atoms with Gasteiger partial charge in [0.1, 0.15) is 5.75 Å². The quantitative estimate of drug-likeness (QED) is 0.546. The van der Waals surface area contributed by atoms with E-state index in [-0.39, 0.29) is 12.2 Å². The summed E-state index contributed by atoms with van der Waals surface area (Å²) in [5.41, 5.74) is -2.77. The van der Waals surface area contributed by atoms with Crippen LogP contribution in [0.25, 0.3) is 0 Å². The molecular weight excluding hydrogens is 264 g/mol. The summed E-state index contributed by atoms with van der Waals surface area (Å²) in [5.74, 6) is -1.50. The summed E-state index contributed by atoms with van der Waals surface area (Å²) in [6.07, 6.45) is 0. The molecule has 1 aliphatic rings. The first kappa shape index (κ1) is 14.0. The summed E-state index contributed by atoms with van der Waals surface area (Å²) >= 11 is 0. The molecule has 2 rings (SSSR count). The normalized spacial score (nSPS) is 20.1. The van der Waals surface area contributed by atoms with Crippen molar-refractivity contribution in [2.75, 3.05) is 19.0 Å². The molecule has 0 radical (unpaired) electrons. The fraction of sp³-hybridized carbons (Fsp3) is 0.308. The summed E-state index contributed by atoms with van der Waals surface area (Å²) < 4.78 is 9.69. The first-order valence-corrected chi connectivity index (χ1v) is 5.93. The number of hydrogen-bond acceptors (Lipinski definition) is 6. The number of fused-ring (bicyclic) bond motifs is 1. The summed E-state index contributed by atoms with van der Waals surface area (Å²) in [6.45, 7) is 1.62. The number of hydrogen-bond donors (Lipinski definition) is 3. The standard InChI is InChI=1S/C13H14N2O5/c1-3-20-11(16)10(14)13(18)8-6-7(19-2)4-5-9(8)15-12(13)17/h4-6,14,18H,3H2,1-2H3,(H,15,17). The van der Waals surface area contributed by atoms with Gasteiger partial charge in [-0.2, -0.15) is 0 Å². The van der Waals surface area contributed by atoms with Crippen LogP contribution in [-0.4, -0.2) is 36.4 Å². The number of amides is 1. The summed E-state index contributed by atoms with van der Waals surface area (Å²) in [5, 5.41) is 20.7. The fourth-order valence-corrected chi connectivity index (χ4v) is 1.99. The Bertz CT molecular complexity index is 598. The van der Waals surface area contributed by atoms with Crippen molar-refractivity contribution < 1.29 is 24.2 Å². The number of benzene rings is 1. The molecule has 0 saturated heterocycles. The zero-order valence-electron chi connectivity index (χ0n) is 11.0. The summed E-state index contributed by atoms with van der Waals surface area (Å²) in [6, 6.07) is 4.53. The number of carbonyl (C=O) groups is 2. The van der Waals surface area contributed by atoms with Crippen LogP contribution in [-0.2, 0) is 19.9 Å². The first-order chi connectivity index (χ1) is 9.44. The molecule has 1 heterocycles. The second-order valence-electron chi connectivity index (χ2n) is 4.17. The van der Waals surface area contributed by atoms with Gasteiger partial charge in [-0.1, -0.05) is 0 Å². The van der Waals surface area contributed by atoms with Crippen molar-refractivity contribution in [3.05, 3.63) is 23.8 Å². The number of carbonyl (C=O) groups excluding carboxylic acids is 2. The van der Waals surface area contributed by atoms with E-state index in [2.05, 4.69) is 10.1 Å². The average Bonchev–Trinajstić information content (AvgIpc) is 2.70. The van der Waals surface area contributed by atoms with Gasteiger partial charge < -0.3 is 19.9 Å². The van der Waals surface area contributed by atoms with Crippen molar-refractivity contribution in [2.24, 2.45) is 0 Å². The van der Waals surface area contributed by atoms with E-state index in [1.807, 2.05) is 0 Å². The molecule has 0 aliphatic carbocycles. The zero-order valence-corrected chi connectivity index (χ0v) is 11.0. The minimum absolute atomic E-state index is 0.0455. The van der Waals surface area contributed by atoms with Gasteiger partial charge in [-0.15, -0.1) is 0 Å². The molecular formula is C13H14N2O5. The van der Waals surface area contributed by atoms with Crippen LogP contribution < -0.4 is 10.1 Å². The van der Waals surface area contributed by atoms with Crippen LogP contribution in [0, 0.1) is 5.41 Å². The van der Waals surface area contributed by atoms with Crippen molar-refractivity contribution in [3.8, 4) is 5.75 Å². The SMILES string of the molecule is CCOC(=O)C(=N)C1(O)C(=O)Nc2ccc(OC)cc21. The lowest BCUT2D eigenvalue weighted by Crippen LogP contribution is -2.46. The second-order valence-corrected chi connectivity index (χ2v) is 4.17. The van der Waals surface area contributed by atoms with Crippen LogP contribution in [0.2, 0.25) is 0 Å². The molecule has 1 aliphatic heterocycles. The van der Waals surface area contributed by atoms with Crippen LogP contribution in [0.4, 0.5) is 5.69 Å². The predicted octanol–water partition coefficient (Wildman–Crippen LogP) is 0.418. The first-order valence-electron chi connectivity index (χ1n) is 5.93. The smallest absolute Gasteiger partial charge is 0.355 e. The molecule has 7 nitrogen and oxygen atoms in total. The van der Waals surface area contributed by atoms with E-state index in [4.69, 9.17) is 10.1 Å². The third-order valence-corrected chi connectivity index (χ3v) is 3.03. The Morgan fingerprint density at radius 1 is 1.50 bits per heavy atom. The molecule has 1 aromatic rings. The molecule has 106 valence electrons. The lowest BCUT2D eigenvalue weighted by molar-refractivity contribution is -0.139. The molecule has 20 heavy (non-hydrogen) atoms. The van der Waals surface area contributed by atoms with Gasteiger partial charge in [0.2, 0.25) is 5.60 Å². The Hall–Kier alpha value is -2.41. The fourth-order valence-electron chi connectivity index (χ4n) is 1.99. The van der Waals surface area contributed by atoms with Crippen LogP contribution in [0.15, 0.2) is 18.2 Å². The van der Waals surface area contributed by atoms with E-state index in [1.165, 1.54) is 19.2 Å². The van der Waals surface area contributed by atoms with Crippen molar-refractivity contribution >= 4 is 23.3 Å². The molecule has 0 fully saturated rings. The number of esters is 1. The maximum atomic E-state index is 12.0. The maximum Gasteiger partial charge on any atom is 0.355 e. The Morgan fingerprint density at radius 3 is 2.80 bits per heavy atom. The molecule has 1 unspecified atom stereocenters. The molecule has 1 amide bonds. The maximum absolute atomic E-state index is 12.0. The van der Waals surface area contributed by atoms with Crippen molar-refractivity contribution in [3.63, 3.8) is 0 Å². The molecule has 0 saturated carbocycles. The number of anilines is 1. The lowest BCUT2D eigenvalue weighted by Gasteiger charge is -2.20. The van der Waals surface area contributed by atoms with E-state index in [9.17, 15) is 14.7 Å². The lowest BCUT2D eigenvalue weighted by atomic mass is 9.90. The Labute approximate surface area is 115 Å². The monoisotopic (exact) mass is 278 g/mol. The minimum atomic E-state index is -2.36. The van der Waals surface area contributed by atoms with E-state index in [0.29, 0.717) is 11.4 Å². The number of rotatable bonds is 4. The van der Waals surface area contributed by atoms with Gasteiger partial charge in [0.15, 0.2) is 5.71 Å². The number of nitrogens with one attached hydrogen (secondary N) is 2. The number of ether oxygens (including phenoxy) is 2. The number of methoxy groups -OCH3 is 1. The third-order valence-electron chi connectivity index (χ3n) is 3.03. The highest BCUT2D eigenvalue weighted by atomic mass is 16.5. The van der Waals surface area contributed by atoms with E-state index in [0.717, 1.165) is 0 Å². The Morgan fingerprint density at radius 2 is 2.20 bits per heavy atom. The Balaban J connectivity index is 2.49. The summed E-state index contributed by atoms with van der Waals surface area (Å²) in [4.78, 5) is 23.6. The van der Waals surface area contributed by atoms with E-state index in [1.54, 1.807) is 13.0 Å². The van der Waals surface area contributed by atoms with Crippen molar-refractivity contribution in [1.29, 1.82) is 5.41 Å². The average molecular weight is 278 g/mol. The predicted molar refractivity (Wildman–Crippen MR) is 69.9 cm³/mol. The minimum Gasteiger partial charge on any atom is -0.497 e. The van der Waals surface area contributed by atoms with Crippen LogP contribution in [0.1, 0.15) is 12.5 Å². The Kier molecular flexibility index (Phi) is 3.46. The molecule has 1 aromatic carbocycles. The van der Waals surface area contributed by atoms with Gasteiger partial charge in [0.25, 0.3) is 5.91 Å². The molecule has 0 spiro atoms. The van der Waals surface area contributed by atoms with Crippen LogP contribution >= 0.6 is 0 Å². The van der Waals surface area contributed by atoms with E-state index >= 15 is 0 Å². The molecule has 0 aromatic heterocycles. The summed E-state index contributed by atoms with van der Waals surface area (Å²) in [7, 11) is 1.43. The van der Waals surface area contributed by atoms with Crippen molar-refractivity contribution in [1.82, 2.24) is 0 Å². The third kappa shape index (κ3) is 1.92.